The molecule has 4 rings (SSSR count). The maximum Gasteiger partial charge on any atom is 0.353 e. The van der Waals surface area contributed by atoms with Crippen molar-refractivity contribution in [2.24, 2.45) is 7.05 Å². The predicted octanol–water partition coefficient (Wildman–Crippen LogP) is 2.51. The predicted molar refractivity (Wildman–Crippen MR) is 114 cm³/mol. The van der Waals surface area contributed by atoms with E-state index in [1.807, 2.05) is 43.6 Å². The number of hydrogen-bond acceptors (Lipinski definition) is 5. The first-order valence-electron chi connectivity index (χ1n) is 9.45. The second-order valence-electron chi connectivity index (χ2n) is 7.17. The van der Waals surface area contributed by atoms with Gasteiger partial charge in [0.1, 0.15) is 11.4 Å². The molecule has 31 heavy (non-hydrogen) atoms. The quantitative estimate of drug-likeness (QED) is 0.510. The molecule has 0 saturated carbocycles. The third kappa shape index (κ3) is 3.48. The van der Waals surface area contributed by atoms with E-state index in [0.29, 0.717) is 5.56 Å². The van der Waals surface area contributed by atoms with Crippen molar-refractivity contribution in [3.05, 3.63) is 78.3 Å². The van der Waals surface area contributed by atoms with E-state index in [4.69, 9.17) is 0 Å². The second kappa shape index (κ2) is 7.56. The van der Waals surface area contributed by atoms with Gasteiger partial charge in [-0.3, -0.25) is 19.2 Å². The lowest BCUT2D eigenvalue weighted by molar-refractivity contribution is -0.137. The van der Waals surface area contributed by atoms with Crippen LogP contribution in [0.1, 0.15) is 15.9 Å². The molecule has 0 aliphatic carbocycles. The topological polar surface area (TPSA) is 93.5 Å². The van der Waals surface area contributed by atoms with Gasteiger partial charge < -0.3 is 10.1 Å². The van der Waals surface area contributed by atoms with E-state index < -0.39 is 11.9 Å². The average molecular weight is 416 g/mol. The molecule has 0 saturated heterocycles. The SMILES string of the molecule is C=C(NC(=O)C(=C)N1Cc2c(cccc2-c2ccc3nn(C)cc3c2)C1=O)C(=O)OC. The van der Waals surface area contributed by atoms with Gasteiger partial charge in [0, 0.05) is 24.2 Å². The van der Waals surface area contributed by atoms with Crippen LogP contribution in [-0.4, -0.2) is 39.6 Å². The smallest absolute Gasteiger partial charge is 0.353 e. The molecule has 1 aliphatic rings. The average Bonchev–Trinajstić information content (AvgIpc) is 3.30. The van der Waals surface area contributed by atoms with Crippen molar-refractivity contribution in [1.82, 2.24) is 20.0 Å². The van der Waals surface area contributed by atoms with Crippen molar-refractivity contribution in [2.45, 2.75) is 6.54 Å². The van der Waals surface area contributed by atoms with Crippen LogP contribution in [0.4, 0.5) is 0 Å². The van der Waals surface area contributed by atoms with E-state index in [-0.39, 0.29) is 23.8 Å². The highest BCUT2D eigenvalue weighted by atomic mass is 16.5. The minimum absolute atomic E-state index is 0.0834. The molecule has 8 nitrogen and oxygen atoms in total. The van der Waals surface area contributed by atoms with E-state index in [1.165, 1.54) is 12.0 Å². The Kier molecular flexibility index (Phi) is 4.90. The molecule has 1 aliphatic heterocycles. The molecule has 0 radical (unpaired) electrons. The Morgan fingerprint density at radius 3 is 2.65 bits per heavy atom. The monoisotopic (exact) mass is 416 g/mol. The van der Waals surface area contributed by atoms with Crippen LogP contribution in [0.25, 0.3) is 22.0 Å². The standard InChI is InChI=1S/C23H20N4O4/c1-13(23(30)31-4)24-21(28)14(2)27-12-19-17(6-5-7-18(19)22(27)29)15-8-9-20-16(10-15)11-26(3)25-20/h5-11H,1-2,12H2,3-4H3,(H,24,28). The maximum atomic E-state index is 13.0. The van der Waals surface area contributed by atoms with Gasteiger partial charge in [-0.05, 0) is 34.9 Å². The fraction of sp³-hybridized carbons (Fsp3) is 0.130. The van der Waals surface area contributed by atoms with Crippen LogP contribution in [-0.2, 0) is 27.9 Å². The molecule has 1 aromatic heterocycles. The maximum absolute atomic E-state index is 13.0. The zero-order chi connectivity index (χ0) is 22.3. The van der Waals surface area contributed by atoms with Crippen LogP contribution in [0.15, 0.2) is 67.1 Å². The Morgan fingerprint density at radius 1 is 1.16 bits per heavy atom. The minimum atomic E-state index is -0.773. The first kappa shape index (κ1) is 20.1. The van der Waals surface area contributed by atoms with Crippen LogP contribution in [0.3, 0.4) is 0 Å². The second-order valence-corrected chi connectivity index (χ2v) is 7.17. The summed E-state index contributed by atoms with van der Waals surface area (Å²) in [4.78, 5) is 38.2. The zero-order valence-corrected chi connectivity index (χ0v) is 17.1. The zero-order valence-electron chi connectivity index (χ0n) is 17.1. The number of hydrogen-bond donors (Lipinski definition) is 1. The Hall–Kier alpha value is -4.20. The van der Waals surface area contributed by atoms with Crippen LogP contribution >= 0.6 is 0 Å². The Balaban J connectivity index is 1.63. The Bertz CT molecular complexity index is 1290. The Labute approximate surface area is 178 Å². The molecule has 2 heterocycles. The van der Waals surface area contributed by atoms with E-state index in [0.717, 1.165) is 27.6 Å². The van der Waals surface area contributed by atoms with Gasteiger partial charge >= 0.3 is 5.97 Å². The largest absolute Gasteiger partial charge is 0.464 e. The van der Waals surface area contributed by atoms with Crippen LogP contribution in [0, 0.1) is 0 Å². The first-order valence-corrected chi connectivity index (χ1v) is 9.45. The highest BCUT2D eigenvalue weighted by molar-refractivity contribution is 6.08. The number of aryl methyl sites for hydroxylation is 1. The number of rotatable bonds is 5. The molecule has 0 atom stereocenters. The summed E-state index contributed by atoms with van der Waals surface area (Å²) in [5.74, 6) is -1.80. The summed E-state index contributed by atoms with van der Waals surface area (Å²) in [5, 5.41) is 7.69. The third-order valence-electron chi connectivity index (χ3n) is 5.18. The van der Waals surface area contributed by atoms with Gasteiger partial charge in [0.05, 0.1) is 19.2 Å². The summed E-state index contributed by atoms with van der Waals surface area (Å²) in [6, 6.07) is 11.4. The summed E-state index contributed by atoms with van der Waals surface area (Å²) in [5.41, 5.74) is 3.71. The molecule has 3 aromatic rings. The van der Waals surface area contributed by atoms with E-state index in [1.54, 1.807) is 10.7 Å². The van der Waals surface area contributed by atoms with Gasteiger partial charge in [-0.25, -0.2) is 4.79 Å². The number of fused-ring (bicyclic) bond motifs is 2. The fourth-order valence-corrected chi connectivity index (χ4v) is 3.64. The molecule has 156 valence electrons. The lowest BCUT2D eigenvalue weighted by Gasteiger charge is -2.18. The Morgan fingerprint density at radius 2 is 1.90 bits per heavy atom. The fourth-order valence-electron chi connectivity index (χ4n) is 3.64. The number of benzene rings is 2. The molecule has 0 fully saturated rings. The van der Waals surface area contributed by atoms with Crippen LogP contribution in [0.5, 0.6) is 0 Å². The van der Waals surface area contributed by atoms with Crippen molar-refractivity contribution in [3.63, 3.8) is 0 Å². The van der Waals surface area contributed by atoms with Gasteiger partial charge in [-0.2, -0.15) is 5.10 Å². The van der Waals surface area contributed by atoms with Gasteiger partial charge in [0.2, 0.25) is 0 Å². The highest BCUT2D eigenvalue weighted by Gasteiger charge is 2.33. The van der Waals surface area contributed by atoms with Crippen molar-refractivity contribution in [3.8, 4) is 11.1 Å². The first-order chi connectivity index (χ1) is 14.8. The number of carbonyl (C=O) groups excluding carboxylic acids is 3. The summed E-state index contributed by atoms with van der Waals surface area (Å²) in [6.45, 7) is 7.39. The minimum Gasteiger partial charge on any atom is -0.464 e. The molecular weight excluding hydrogens is 396 g/mol. The van der Waals surface area contributed by atoms with Gasteiger partial charge in [-0.1, -0.05) is 31.4 Å². The van der Waals surface area contributed by atoms with E-state index >= 15 is 0 Å². The highest BCUT2D eigenvalue weighted by Crippen LogP contribution is 2.35. The number of carbonyl (C=O) groups is 3. The number of esters is 1. The van der Waals surface area contributed by atoms with Gasteiger partial charge in [-0.15, -0.1) is 0 Å². The third-order valence-corrected chi connectivity index (χ3v) is 5.18. The molecule has 8 heteroatoms. The van der Waals surface area contributed by atoms with Gasteiger partial charge in [0.15, 0.2) is 0 Å². The molecule has 0 unspecified atom stereocenters. The van der Waals surface area contributed by atoms with Crippen molar-refractivity contribution < 1.29 is 19.1 Å². The summed E-state index contributed by atoms with van der Waals surface area (Å²) < 4.78 is 6.27. The molecule has 2 amide bonds. The molecule has 1 N–H and O–H groups in total. The summed E-state index contributed by atoms with van der Waals surface area (Å²) >= 11 is 0. The lowest BCUT2D eigenvalue weighted by Crippen LogP contribution is -2.36. The van der Waals surface area contributed by atoms with Crippen LogP contribution < -0.4 is 5.32 Å². The number of aromatic nitrogens is 2. The van der Waals surface area contributed by atoms with E-state index in [9.17, 15) is 14.4 Å². The molecule has 0 spiro atoms. The normalized spacial score (nSPS) is 12.6. The number of ether oxygens (including phenoxy) is 1. The molecule has 2 aromatic carbocycles. The van der Waals surface area contributed by atoms with Crippen molar-refractivity contribution in [1.29, 1.82) is 0 Å². The van der Waals surface area contributed by atoms with Crippen molar-refractivity contribution >= 4 is 28.7 Å². The number of nitrogens with one attached hydrogen (secondary N) is 1. The summed E-state index contributed by atoms with van der Waals surface area (Å²) in [6.07, 6.45) is 1.93. The molecule has 0 bridgehead atoms. The number of methoxy groups -OCH3 is 1. The van der Waals surface area contributed by atoms with Gasteiger partial charge in [0.25, 0.3) is 11.8 Å². The number of nitrogens with zero attached hydrogens (tertiary/aromatic N) is 3. The van der Waals surface area contributed by atoms with Crippen molar-refractivity contribution in [2.75, 3.05) is 7.11 Å². The lowest BCUT2D eigenvalue weighted by atomic mass is 9.96. The molecular formula is C23H20N4O4. The summed E-state index contributed by atoms with van der Waals surface area (Å²) in [7, 11) is 3.04. The number of amides is 2. The van der Waals surface area contributed by atoms with E-state index in [2.05, 4.69) is 28.3 Å². The van der Waals surface area contributed by atoms with Crippen LogP contribution in [0.2, 0.25) is 0 Å².